The maximum atomic E-state index is 5.96. The summed E-state index contributed by atoms with van der Waals surface area (Å²) in [6.45, 7) is 0. The van der Waals surface area contributed by atoms with Gasteiger partial charge in [-0.05, 0) is 51.6 Å². The molecule has 6 aromatic rings. The normalized spacial score (nSPS) is 11.2. The van der Waals surface area contributed by atoms with Crippen molar-refractivity contribution in [2.75, 3.05) is 0 Å². The summed E-state index contributed by atoms with van der Waals surface area (Å²) in [4.78, 5) is 0. The van der Waals surface area contributed by atoms with Crippen molar-refractivity contribution >= 4 is 21.9 Å². The smallest absolute Gasteiger partial charge is 0.135 e. The van der Waals surface area contributed by atoms with Crippen LogP contribution in [-0.2, 0) is 0 Å². The molecule has 5 aromatic carbocycles. The molecule has 0 radical (unpaired) electrons. The number of hydrogen-bond donors (Lipinski definition) is 0. The molecular weight excluding hydrogens is 376 g/mol. The van der Waals surface area contributed by atoms with Crippen molar-refractivity contribution in [1.82, 2.24) is 0 Å². The van der Waals surface area contributed by atoms with Crippen molar-refractivity contribution in [3.05, 3.63) is 121 Å². The molecule has 0 N–H and O–H groups in total. The Labute approximate surface area is 181 Å². The minimum atomic E-state index is 0.931. The molecule has 1 heteroatoms. The fourth-order valence-corrected chi connectivity index (χ4v) is 4.25. The Morgan fingerprint density at radius 2 is 0.774 bits per heavy atom. The summed E-state index contributed by atoms with van der Waals surface area (Å²) in [6, 6.07) is 42.7. The van der Waals surface area contributed by atoms with Crippen LogP contribution >= 0.6 is 0 Å². The van der Waals surface area contributed by atoms with Crippen molar-refractivity contribution in [3.63, 3.8) is 0 Å². The van der Waals surface area contributed by atoms with E-state index in [0.717, 1.165) is 21.9 Å². The van der Waals surface area contributed by atoms with E-state index in [4.69, 9.17) is 4.42 Å². The second-order valence-corrected chi connectivity index (χ2v) is 7.83. The molecule has 0 saturated carbocycles. The van der Waals surface area contributed by atoms with Gasteiger partial charge >= 0.3 is 0 Å². The second kappa shape index (κ2) is 7.30. The Kier molecular flexibility index (Phi) is 4.18. The highest BCUT2D eigenvalue weighted by atomic mass is 16.3. The molecule has 0 saturated heterocycles. The third kappa shape index (κ3) is 3.21. The quantitative estimate of drug-likeness (QED) is 0.292. The third-order valence-corrected chi connectivity index (χ3v) is 5.92. The Morgan fingerprint density at radius 1 is 0.323 bits per heavy atom. The molecule has 0 atom stereocenters. The maximum Gasteiger partial charge on any atom is 0.135 e. The first kappa shape index (κ1) is 17.7. The summed E-state index contributed by atoms with van der Waals surface area (Å²) in [6.07, 6.45) is 0. The first-order valence-corrected chi connectivity index (χ1v) is 10.5. The molecule has 0 aliphatic heterocycles. The van der Waals surface area contributed by atoms with Gasteiger partial charge in [-0.25, -0.2) is 0 Å². The largest absolute Gasteiger partial charge is 0.456 e. The Hall–Kier alpha value is -4.10. The summed E-state index contributed by atoms with van der Waals surface area (Å²) >= 11 is 0. The fraction of sp³-hybridized carbons (Fsp3) is 0. The van der Waals surface area contributed by atoms with E-state index in [9.17, 15) is 0 Å². The zero-order chi connectivity index (χ0) is 20.6. The summed E-state index contributed by atoms with van der Waals surface area (Å²) in [5.41, 5.74) is 9.19. The lowest BCUT2D eigenvalue weighted by Crippen LogP contribution is -1.82. The van der Waals surface area contributed by atoms with Gasteiger partial charge in [-0.3, -0.25) is 0 Å². The molecule has 1 nitrogen and oxygen atoms in total. The van der Waals surface area contributed by atoms with Crippen LogP contribution in [-0.4, -0.2) is 0 Å². The molecule has 146 valence electrons. The number of para-hydroxylation sites is 1. The minimum Gasteiger partial charge on any atom is -0.456 e. The van der Waals surface area contributed by atoms with E-state index in [0.29, 0.717) is 0 Å². The lowest BCUT2D eigenvalue weighted by Gasteiger charge is -2.07. The van der Waals surface area contributed by atoms with Crippen molar-refractivity contribution in [1.29, 1.82) is 0 Å². The Balaban J connectivity index is 1.32. The molecule has 0 fully saturated rings. The van der Waals surface area contributed by atoms with Gasteiger partial charge in [0.25, 0.3) is 0 Å². The third-order valence-electron chi connectivity index (χ3n) is 5.92. The van der Waals surface area contributed by atoms with Gasteiger partial charge in [0.1, 0.15) is 11.2 Å². The van der Waals surface area contributed by atoms with Crippen LogP contribution in [0.5, 0.6) is 0 Å². The van der Waals surface area contributed by atoms with Crippen LogP contribution in [0.1, 0.15) is 0 Å². The van der Waals surface area contributed by atoms with Gasteiger partial charge in [0, 0.05) is 10.8 Å². The van der Waals surface area contributed by atoms with Gasteiger partial charge in [0.2, 0.25) is 0 Å². The van der Waals surface area contributed by atoms with Crippen LogP contribution in [0, 0.1) is 0 Å². The first-order valence-electron chi connectivity index (χ1n) is 10.5. The summed E-state index contributed by atoms with van der Waals surface area (Å²) in [7, 11) is 0. The number of hydrogen-bond acceptors (Lipinski definition) is 1. The summed E-state index contributed by atoms with van der Waals surface area (Å²) in [5.74, 6) is 0. The molecule has 31 heavy (non-hydrogen) atoms. The van der Waals surface area contributed by atoms with Gasteiger partial charge in [-0.1, -0.05) is 103 Å². The standard InChI is InChI=1S/C30H20O/c1-2-6-21(7-3-1)22-10-12-23(13-11-22)24-14-16-25(17-15-24)26-18-19-30-28(20-26)27-8-4-5-9-29(27)31-30/h1-20H. The lowest BCUT2D eigenvalue weighted by atomic mass is 9.97. The maximum absolute atomic E-state index is 5.96. The molecule has 1 aromatic heterocycles. The molecular formula is C30H20O. The molecule has 0 aliphatic rings. The van der Waals surface area contributed by atoms with Crippen molar-refractivity contribution in [2.24, 2.45) is 0 Å². The molecule has 0 unspecified atom stereocenters. The monoisotopic (exact) mass is 396 g/mol. The zero-order valence-corrected chi connectivity index (χ0v) is 17.0. The average molecular weight is 396 g/mol. The van der Waals surface area contributed by atoms with Crippen LogP contribution in [0.4, 0.5) is 0 Å². The number of rotatable bonds is 3. The van der Waals surface area contributed by atoms with Crippen LogP contribution in [0.25, 0.3) is 55.3 Å². The number of benzene rings is 5. The van der Waals surface area contributed by atoms with Gasteiger partial charge in [0.15, 0.2) is 0 Å². The molecule has 0 bridgehead atoms. The van der Waals surface area contributed by atoms with Crippen molar-refractivity contribution in [2.45, 2.75) is 0 Å². The van der Waals surface area contributed by atoms with Crippen LogP contribution in [0.2, 0.25) is 0 Å². The van der Waals surface area contributed by atoms with Gasteiger partial charge in [-0.2, -0.15) is 0 Å². The highest BCUT2D eigenvalue weighted by molar-refractivity contribution is 6.06. The SMILES string of the molecule is c1ccc(-c2ccc(-c3ccc(-c4ccc5oc6ccccc6c5c4)cc3)cc2)cc1. The van der Waals surface area contributed by atoms with Crippen molar-refractivity contribution < 1.29 is 4.42 Å². The summed E-state index contributed by atoms with van der Waals surface area (Å²) in [5, 5.41) is 2.32. The predicted octanol–water partition coefficient (Wildman–Crippen LogP) is 8.59. The van der Waals surface area contributed by atoms with E-state index in [1.165, 1.54) is 33.4 Å². The van der Waals surface area contributed by atoms with Crippen LogP contribution < -0.4 is 0 Å². The molecule has 0 amide bonds. The van der Waals surface area contributed by atoms with Crippen molar-refractivity contribution in [3.8, 4) is 33.4 Å². The highest BCUT2D eigenvalue weighted by Crippen LogP contribution is 2.33. The average Bonchev–Trinajstić information content (AvgIpc) is 3.23. The Bertz CT molecular complexity index is 1490. The zero-order valence-electron chi connectivity index (χ0n) is 17.0. The van der Waals surface area contributed by atoms with Gasteiger partial charge in [-0.15, -0.1) is 0 Å². The molecule has 0 spiro atoms. The topological polar surface area (TPSA) is 13.1 Å². The van der Waals surface area contributed by atoms with Gasteiger partial charge in [0.05, 0.1) is 0 Å². The van der Waals surface area contributed by atoms with E-state index in [1.54, 1.807) is 0 Å². The van der Waals surface area contributed by atoms with E-state index >= 15 is 0 Å². The molecule has 6 rings (SSSR count). The molecule has 0 aliphatic carbocycles. The fourth-order valence-electron chi connectivity index (χ4n) is 4.25. The Morgan fingerprint density at radius 3 is 1.42 bits per heavy atom. The van der Waals surface area contributed by atoms with Gasteiger partial charge < -0.3 is 4.42 Å². The lowest BCUT2D eigenvalue weighted by molar-refractivity contribution is 0.669. The minimum absolute atomic E-state index is 0.931. The first-order chi connectivity index (χ1) is 15.3. The second-order valence-electron chi connectivity index (χ2n) is 7.83. The number of fused-ring (bicyclic) bond motifs is 3. The highest BCUT2D eigenvalue weighted by Gasteiger charge is 2.08. The number of furan rings is 1. The van der Waals surface area contributed by atoms with E-state index in [-0.39, 0.29) is 0 Å². The van der Waals surface area contributed by atoms with Crippen LogP contribution in [0.15, 0.2) is 126 Å². The summed E-state index contributed by atoms with van der Waals surface area (Å²) < 4.78 is 5.96. The van der Waals surface area contributed by atoms with E-state index in [1.807, 2.05) is 18.2 Å². The van der Waals surface area contributed by atoms with E-state index in [2.05, 4.69) is 103 Å². The predicted molar refractivity (Wildman–Crippen MR) is 130 cm³/mol. The van der Waals surface area contributed by atoms with Crippen LogP contribution in [0.3, 0.4) is 0 Å². The molecule has 1 heterocycles. The van der Waals surface area contributed by atoms with E-state index < -0.39 is 0 Å².